The lowest BCUT2D eigenvalue weighted by Crippen LogP contribution is -2.24. The van der Waals surface area contributed by atoms with Crippen molar-refractivity contribution in [2.24, 2.45) is 11.8 Å². The molecule has 1 saturated carbocycles. The Kier molecular flexibility index (Phi) is 4.41. The highest BCUT2D eigenvalue weighted by molar-refractivity contribution is 7.90. The summed E-state index contributed by atoms with van der Waals surface area (Å²) in [6.07, 6.45) is 2.90. The highest BCUT2D eigenvalue weighted by Gasteiger charge is 2.53. The molecule has 0 spiro atoms. The van der Waals surface area contributed by atoms with Gasteiger partial charge in [0.25, 0.3) is 5.56 Å². The molecule has 3 heterocycles. The molecule has 8 nitrogen and oxygen atoms in total. The fourth-order valence-corrected chi connectivity index (χ4v) is 5.02. The third-order valence-electron chi connectivity index (χ3n) is 6.12. The van der Waals surface area contributed by atoms with Crippen molar-refractivity contribution in [3.63, 3.8) is 0 Å². The van der Waals surface area contributed by atoms with E-state index >= 15 is 0 Å². The lowest BCUT2D eigenvalue weighted by atomic mass is 10.1. The number of hydrogen-bond donors (Lipinski definition) is 2. The minimum absolute atomic E-state index is 0.158. The summed E-state index contributed by atoms with van der Waals surface area (Å²) in [5.41, 5.74) is 1.60. The number of nitrogens with one attached hydrogen (secondary N) is 2. The van der Waals surface area contributed by atoms with Crippen LogP contribution in [-0.2, 0) is 16.4 Å². The van der Waals surface area contributed by atoms with E-state index < -0.39 is 9.84 Å². The van der Waals surface area contributed by atoms with Gasteiger partial charge < -0.3 is 10.6 Å². The van der Waals surface area contributed by atoms with Crippen LogP contribution in [0.3, 0.4) is 0 Å². The summed E-state index contributed by atoms with van der Waals surface area (Å²) < 4.78 is 25.1. The predicted molar refractivity (Wildman–Crippen MR) is 115 cm³/mol. The van der Waals surface area contributed by atoms with E-state index in [2.05, 4.69) is 20.6 Å². The molecule has 2 N–H and O–H groups in total. The van der Waals surface area contributed by atoms with Crippen molar-refractivity contribution >= 4 is 26.8 Å². The van der Waals surface area contributed by atoms with Gasteiger partial charge in [0.1, 0.15) is 5.65 Å². The van der Waals surface area contributed by atoms with E-state index in [0.29, 0.717) is 47.1 Å². The van der Waals surface area contributed by atoms with Crippen LogP contribution in [0.4, 0.5) is 5.95 Å². The Hall–Kier alpha value is -2.78. The normalized spacial score (nSPS) is 22.8. The number of anilines is 1. The molecule has 156 valence electrons. The number of pyridine rings is 1. The minimum Gasteiger partial charge on any atom is -0.351 e. The van der Waals surface area contributed by atoms with Crippen molar-refractivity contribution in [3.05, 3.63) is 46.9 Å². The van der Waals surface area contributed by atoms with Crippen LogP contribution in [-0.4, -0.2) is 48.3 Å². The third-order valence-corrected chi connectivity index (χ3v) is 7.25. The summed E-state index contributed by atoms with van der Waals surface area (Å²) in [4.78, 5) is 22.5. The number of rotatable bonds is 5. The van der Waals surface area contributed by atoms with E-state index in [1.165, 1.54) is 12.1 Å². The molecule has 2 aliphatic rings. The second-order valence-electron chi connectivity index (χ2n) is 8.03. The van der Waals surface area contributed by atoms with Crippen molar-refractivity contribution in [2.75, 3.05) is 24.7 Å². The number of sulfone groups is 1. The average Bonchev–Trinajstić information content (AvgIpc) is 3.13. The lowest BCUT2D eigenvalue weighted by molar-refractivity contribution is 0.602. The maximum absolute atomic E-state index is 13.2. The fourth-order valence-electron chi connectivity index (χ4n) is 4.39. The van der Waals surface area contributed by atoms with E-state index in [0.717, 1.165) is 24.7 Å². The fraction of sp³-hybridized carbons (Fsp3) is 0.381. The minimum atomic E-state index is -3.29. The molecule has 2 aromatic heterocycles. The molecule has 9 heteroatoms. The molecule has 2 unspecified atom stereocenters. The van der Waals surface area contributed by atoms with Crippen LogP contribution >= 0.6 is 0 Å². The first-order valence-electron chi connectivity index (χ1n) is 10.0. The Balaban J connectivity index is 1.53. The number of aryl methyl sites for hydroxylation is 1. The van der Waals surface area contributed by atoms with Crippen molar-refractivity contribution in [2.45, 2.75) is 24.4 Å². The molecule has 1 saturated heterocycles. The van der Waals surface area contributed by atoms with Gasteiger partial charge in [-0.3, -0.25) is 9.36 Å². The molecule has 1 aromatic carbocycles. The van der Waals surface area contributed by atoms with Crippen LogP contribution in [0.25, 0.3) is 22.2 Å². The zero-order chi connectivity index (χ0) is 21.0. The first-order valence-corrected chi connectivity index (χ1v) is 11.9. The first-order chi connectivity index (χ1) is 14.4. The van der Waals surface area contributed by atoms with Gasteiger partial charge in [0.15, 0.2) is 9.84 Å². The predicted octanol–water partition coefficient (Wildman–Crippen LogP) is 1.51. The number of fused-ring (bicyclic) bond motifs is 2. The van der Waals surface area contributed by atoms with Crippen LogP contribution in [0.15, 0.2) is 46.2 Å². The molecule has 5 rings (SSSR count). The summed E-state index contributed by atoms with van der Waals surface area (Å²) in [5, 5.41) is 7.55. The maximum Gasteiger partial charge on any atom is 0.260 e. The van der Waals surface area contributed by atoms with Gasteiger partial charge in [-0.15, -0.1) is 0 Å². The lowest BCUT2D eigenvalue weighted by Gasteiger charge is -2.13. The van der Waals surface area contributed by atoms with Gasteiger partial charge >= 0.3 is 0 Å². The number of nitrogens with zero attached hydrogens (tertiary/aromatic N) is 3. The first kappa shape index (κ1) is 19.2. The quantitative estimate of drug-likeness (QED) is 0.638. The summed E-state index contributed by atoms with van der Waals surface area (Å²) in [7, 11) is -3.29. The molecule has 3 aromatic rings. The Morgan fingerprint density at radius 3 is 2.53 bits per heavy atom. The molecular weight excluding hydrogens is 402 g/mol. The third kappa shape index (κ3) is 3.18. The van der Waals surface area contributed by atoms with Gasteiger partial charge in [0.2, 0.25) is 5.95 Å². The summed E-state index contributed by atoms with van der Waals surface area (Å²) in [6.45, 7) is 4.43. The second-order valence-corrected chi connectivity index (χ2v) is 10.0. The molecule has 1 aliphatic carbocycles. The summed E-state index contributed by atoms with van der Waals surface area (Å²) in [6, 6.07) is 8.55. The highest BCUT2D eigenvalue weighted by atomic mass is 32.2. The largest absolute Gasteiger partial charge is 0.351 e. The topological polar surface area (TPSA) is 106 Å². The van der Waals surface area contributed by atoms with Crippen molar-refractivity contribution < 1.29 is 8.42 Å². The standard InChI is InChI=1S/C21H23N5O3S/c1-3-26-19-13(9-23-21(25-19)24-18-16-10-22-11-17(16)18)8-15(20(26)27)12-4-6-14(7-5-12)30(2,28)29/h4-9,16-18,22H,3,10-11H2,1-2H3,(H,23,24,25). The Morgan fingerprint density at radius 1 is 1.20 bits per heavy atom. The zero-order valence-electron chi connectivity index (χ0n) is 16.8. The number of benzene rings is 1. The van der Waals surface area contributed by atoms with Crippen LogP contribution in [0.5, 0.6) is 0 Å². The van der Waals surface area contributed by atoms with Gasteiger partial charge in [-0.25, -0.2) is 13.4 Å². The van der Waals surface area contributed by atoms with Crippen LogP contribution in [0, 0.1) is 11.8 Å². The highest BCUT2D eigenvalue weighted by Crippen LogP contribution is 2.43. The Morgan fingerprint density at radius 2 is 1.90 bits per heavy atom. The van der Waals surface area contributed by atoms with Crippen molar-refractivity contribution in [3.8, 4) is 11.1 Å². The average molecular weight is 426 g/mol. The molecule has 1 aliphatic heterocycles. The Bertz CT molecular complexity index is 1290. The van der Waals surface area contributed by atoms with E-state index in [1.807, 2.05) is 6.92 Å². The van der Waals surface area contributed by atoms with Crippen molar-refractivity contribution in [1.82, 2.24) is 19.9 Å². The van der Waals surface area contributed by atoms with Crippen LogP contribution in [0.2, 0.25) is 0 Å². The molecule has 30 heavy (non-hydrogen) atoms. The number of hydrogen-bond acceptors (Lipinski definition) is 7. The van der Waals surface area contributed by atoms with E-state index in [4.69, 9.17) is 0 Å². The molecule has 0 bridgehead atoms. The molecule has 2 atom stereocenters. The number of aromatic nitrogens is 3. The van der Waals surface area contributed by atoms with Gasteiger partial charge in [0, 0.05) is 49.1 Å². The summed E-state index contributed by atoms with van der Waals surface area (Å²) >= 11 is 0. The molecule has 0 amide bonds. The van der Waals surface area contributed by atoms with Crippen molar-refractivity contribution in [1.29, 1.82) is 0 Å². The van der Waals surface area contributed by atoms with Gasteiger partial charge in [-0.05, 0) is 42.5 Å². The molecule has 2 fully saturated rings. The number of piperidine rings is 1. The molecular formula is C21H23N5O3S. The van der Waals surface area contributed by atoms with Crippen LogP contribution in [0.1, 0.15) is 6.92 Å². The smallest absolute Gasteiger partial charge is 0.260 e. The Labute approximate surface area is 174 Å². The van der Waals surface area contributed by atoms with Gasteiger partial charge in [-0.1, -0.05) is 12.1 Å². The maximum atomic E-state index is 13.2. The van der Waals surface area contributed by atoms with E-state index in [-0.39, 0.29) is 10.5 Å². The monoisotopic (exact) mass is 425 g/mol. The SMILES string of the molecule is CCn1c(=O)c(-c2ccc(S(C)(=O)=O)cc2)cc2cnc(NC3C4CNCC43)nc21. The second kappa shape index (κ2) is 6.88. The van der Waals surface area contributed by atoms with Crippen LogP contribution < -0.4 is 16.2 Å². The zero-order valence-corrected chi connectivity index (χ0v) is 17.6. The van der Waals surface area contributed by atoms with E-state index in [1.54, 1.807) is 29.0 Å². The van der Waals surface area contributed by atoms with E-state index in [9.17, 15) is 13.2 Å². The summed E-state index contributed by atoms with van der Waals surface area (Å²) in [5.74, 6) is 1.82. The van der Waals surface area contributed by atoms with Gasteiger partial charge in [0.05, 0.1) is 4.90 Å². The molecule has 0 radical (unpaired) electrons. The van der Waals surface area contributed by atoms with Gasteiger partial charge in [-0.2, -0.15) is 4.98 Å².